The predicted octanol–water partition coefficient (Wildman–Crippen LogP) is 1.81. The molecule has 0 aliphatic carbocycles. The molecule has 0 bridgehead atoms. The van der Waals surface area contributed by atoms with E-state index in [2.05, 4.69) is 15.9 Å². The van der Waals surface area contributed by atoms with Crippen LogP contribution in [0.5, 0.6) is 11.5 Å². The van der Waals surface area contributed by atoms with E-state index in [0.717, 1.165) is 5.56 Å². The maximum Gasteiger partial charge on any atom is 0.325 e. The average molecular weight is 304 g/mol. The van der Waals surface area contributed by atoms with Gasteiger partial charge in [0.05, 0.1) is 7.11 Å². The van der Waals surface area contributed by atoms with Crippen LogP contribution < -0.4 is 10.5 Å². The Labute approximate surface area is 107 Å². The number of phenols is 1. The lowest BCUT2D eigenvalue weighted by atomic mass is 10.0. The summed E-state index contributed by atoms with van der Waals surface area (Å²) in [7, 11) is 1.40. The minimum absolute atomic E-state index is 0.133. The van der Waals surface area contributed by atoms with E-state index >= 15 is 0 Å². The van der Waals surface area contributed by atoms with E-state index < -0.39 is 12.0 Å². The van der Waals surface area contributed by atoms with Gasteiger partial charge in [-0.25, -0.2) is 0 Å². The van der Waals surface area contributed by atoms with Crippen molar-refractivity contribution in [2.45, 2.75) is 19.4 Å². The monoisotopic (exact) mass is 303 g/mol. The van der Waals surface area contributed by atoms with Crippen LogP contribution in [0.3, 0.4) is 0 Å². The maximum atomic E-state index is 10.9. The first kappa shape index (κ1) is 13.8. The van der Waals surface area contributed by atoms with E-state index in [1.165, 1.54) is 7.11 Å². The van der Waals surface area contributed by atoms with Gasteiger partial charge in [0.2, 0.25) is 0 Å². The number of carboxylic acids is 1. The normalized spacial score (nSPS) is 12.2. The minimum atomic E-state index is -1.30. The molecule has 0 aliphatic heterocycles. The number of aliphatic carboxylic acids is 1. The number of halogens is 1. The molecule has 0 fully saturated rings. The van der Waals surface area contributed by atoms with E-state index in [4.69, 9.17) is 15.6 Å². The van der Waals surface area contributed by atoms with Crippen molar-refractivity contribution in [1.82, 2.24) is 0 Å². The predicted molar refractivity (Wildman–Crippen MR) is 66.3 cm³/mol. The number of aryl methyl sites for hydroxylation is 1. The van der Waals surface area contributed by atoms with Gasteiger partial charge in [-0.15, -0.1) is 0 Å². The summed E-state index contributed by atoms with van der Waals surface area (Å²) in [5.74, 6) is -1.24. The van der Waals surface area contributed by atoms with Crippen LogP contribution in [0, 0.1) is 0 Å². The Morgan fingerprint density at radius 1 is 1.65 bits per heavy atom. The summed E-state index contributed by atoms with van der Waals surface area (Å²) in [5.41, 5.74) is 6.50. The Morgan fingerprint density at radius 3 is 2.65 bits per heavy atom. The van der Waals surface area contributed by atoms with Crippen molar-refractivity contribution in [2.24, 2.45) is 5.73 Å². The zero-order valence-electron chi connectivity index (χ0n) is 9.53. The Morgan fingerprint density at radius 2 is 2.24 bits per heavy atom. The van der Waals surface area contributed by atoms with Gasteiger partial charge in [0.1, 0.15) is 6.04 Å². The van der Waals surface area contributed by atoms with Gasteiger partial charge in [0.15, 0.2) is 11.5 Å². The van der Waals surface area contributed by atoms with Crippen LogP contribution in [0.1, 0.15) is 24.1 Å². The minimum Gasteiger partial charge on any atom is -0.504 e. The number of nitrogens with two attached hydrogens (primary N) is 1. The highest BCUT2D eigenvalue weighted by molar-refractivity contribution is 9.10. The molecule has 0 saturated heterocycles. The molecule has 0 amide bonds. The lowest BCUT2D eigenvalue weighted by molar-refractivity contribution is -0.138. The van der Waals surface area contributed by atoms with Crippen LogP contribution >= 0.6 is 15.9 Å². The molecule has 1 unspecified atom stereocenters. The second kappa shape index (κ2) is 5.37. The van der Waals surface area contributed by atoms with Gasteiger partial charge in [-0.2, -0.15) is 0 Å². The van der Waals surface area contributed by atoms with Gasteiger partial charge in [0.25, 0.3) is 0 Å². The van der Waals surface area contributed by atoms with Crippen LogP contribution in [-0.2, 0) is 11.2 Å². The molecular formula is C11H14BrNO4. The van der Waals surface area contributed by atoms with Crippen LogP contribution in [-0.4, -0.2) is 23.3 Å². The molecule has 1 atom stereocenters. The number of hydrogen-bond donors (Lipinski definition) is 3. The fourth-order valence-corrected chi connectivity index (χ4v) is 2.35. The molecule has 0 heterocycles. The van der Waals surface area contributed by atoms with E-state index in [1.54, 1.807) is 6.07 Å². The topological polar surface area (TPSA) is 92.8 Å². The largest absolute Gasteiger partial charge is 0.504 e. The molecule has 4 N–H and O–H groups in total. The van der Waals surface area contributed by atoms with Crippen LogP contribution in [0.4, 0.5) is 0 Å². The summed E-state index contributed by atoms with van der Waals surface area (Å²) < 4.78 is 5.50. The maximum absolute atomic E-state index is 10.9. The third-order valence-corrected chi connectivity index (χ3v) is 3.43. The first-order valence-electron chi connectivity index (χ1n) is 5.00. The summed E-state index contributed by atoms with van der Waals surface area (Å²) in [5, 5.41) is 18.8. The van der Waals surface area contributed by atoms with Crippen LogP contribution in [0.15, 0.2) is 10.5 Å². The number of ether oxygens (including phenoxy) is 1. The van der Waals surface area contributed by atoms with Crippen molar-refractivity contribution in [3.8, 4) is 11.5 Å². The molecule has 0 radical (unpaired) electrons. The smallest absolute Gasteiger partial charge is 0.325 e. The number of methoxy groups -OCH3 is 1. The molecule has 6 heteroatoms. The van der Waals surface area contributed by atoms with Gasteiger partial charge in [0, 0.05) is 10.0 Å². The molecule has 0 saturated carbocycles. The molecule has 1 aromatic carbocycles. The summed E-state index contributed by atoms with van der Waals surface area (Å²) >= 11 is 3.27. The van der Waals surface area contributed by atoms with Crippen molar-refractivity contribution in [2.75, 3.05) is 7.11 Å². The SMILES string of the molecule is CCc1cc(OC)c(O)c(C(N)C(=O)O)c1Br. The summed E-state index contributed by atoms with van der Waals surface area (Å²) in [6.45, 7) is 1.91. The number of rotatable bonds is 4. The zero-order valence-corrected chi connectivity index (χ0v) is 11.1. The first-order valence-corrected chi connectivity index (χ1v) is 5.79. The van der Waals surface area contributed by atoms with Crippen LogP contribution in [0.25, 0.3) is 0 Å². The summed E-state index contributed by atoms with van der Waals surface area (Å²) in [4.78, 5) is 10.9. The molecule has 1 aromatic rings. The highest BCUT2D eigenvalue weighted by atomic mass is 79.9. The van der Waals surface area contributed by atoms with Gasteiger partial charge >= 0.3 is 5.97 Å². The van der Waals surface area contributed by atoms with Crippen molar-refractivity contribution >= 4 is 21.9 Å². The zero-order chi connectivity index (χ0) is 13.2. The summed E-state index contributed by atoms with van der Waals surface area (Å²) in [6.07, 6.45) is 0.663. The second-order valence-electron chi connectivity index (χ2n) is 3.48. The number of aromatic hydroxyl groups is 1. The summed E-state index contributed by atoms with van der Waals surface area (Å²) in [6, 6.07) is 0.349. The highest BCUT2D eigenvalue weighted by Crippen LogP contribution is 2.41. The third kappa shape index (κ3) is 2.53. The molecule has 94 valence electrons. The van der Waals surface area contributed by atoms with Crippen molar-refractivity contribution < 1.29 is 19.7 Å². The molecule has 17 heavy (non-hydrogen) atoms. The molecule has 0 aromatic heterocycles. The molecule has 1 rings (SSSR count). The number of hydrogen-bond acceptors (Lipinski definition) is 4. The third-order valence-electron chi connectivity index (χ3n) is 2.49. The number of carbonyl (C=O) groups is 1. The molecule has 0 aliphatic rings. The Balaban J connectivity index is 3.50. The van der Waals surface area contributed by atoms with Gasteiger partial charge in [-0.3, -0.25) is 4.79 Å². The van der Waals surface area contributed by atoms with Crippen molar-refractivity contribution in [3.05, 3.63) is 21.7 Å². The van der Waals surface area contributed by atoms with E-state index in [9.17, 15) is 9.90 Å². The second-order valence-corrected chi connectivity index (χ2v) is 4.28. The lowest BCUT2D eigenvalue weighted by Crippen LogP contribution is -2.21. The number of carboxylic acid groups (broad SMARTS) is 1. The van der Waals surface area contributed by atoms with Crippen molar-refractivity contribution in [1.29, 1.82) is 0 Å². The quantitative estimate of drug-likeness (QED) is 0.789. The van der Waals surface area contributed by atoms with Gasteiger partial charge < -0.3 is 20.7 Å². The van der Waals surface area contributed by atoms with Crippen molar-refractivity contribution in [3.63, 3.8) is 0 Å². The Hall–Kier alpha value is -1.27. The average Bonchev–Trinajstić information content (AvgIpc) is 2.29. The van der Waals surface area contributed by atoms with Crippen LogP contribution in [0.2, 0.25) is 0 Å². The first-order chi connectivity index (χ1) is 7.93. The standard InChI is InChI=1S/C11H14BrNO4/c1-3-5-4-6(17-2)10(14)7(8(5)12)9(13)11(15)16/h4,9,14H,3,13H2,1-2H3,(H,15,16). The van der Waals surface area contributed by atoms with Gasteiger partial charge in [-0.05, 0) is 18.1 Å². The number of benzene rings is 1. The molecule has 5 nitrogen and oxygen atoms in total. The Bertz CT molecular complexity index is 419. The van der Waals surface area contributed by atoms with Gasteiger partial charge in [-0.1, -0.05) is 22.9 Å². The lowest BCUT2D eigenvalue weighted by Gasteiger charge is -2.17. The Kier molecular flexibility index (Phi) is 4.36. The fraction of sp³-hybridized carbons (Fsp3) is 0.364. The molecule has 0 spiro atoms. The highest BCUT2D eigenvalue weighted by Gasteiger charge is 2.25. The molecular weight excluding hydrogens is 290 g/mol. The van der Waals surface area contributed by atoms with E-state index in [0.29, 0.717) is 10.9 Å². The van der Waals surface area contributed by atoms with E-state index in [-0.39, 0.29) is 17.1 Å². The van der Waals surface area contributed by atoms with E-state index in [1.807, 2.05) is 6.92 Å². The number of phenolic OH excluding ortho intramolecular Hbond substituents is 1. The fourth-order valence-electron chi connectivity index (χ4n) is 1.52.